The summed E-state index contributed by atoms with van der Waals surface area (Å²) in [7, 11) is 0. The average Bonchev–Trinajstić information content (AvgIpc) is 2.37. The highest BCUT2D eigenvalue weighted by Gasteiger charge is 2.37. The van der Waals surface area contributed by atoms with Crippen LogP contribution in [0.2, 0.25) is 0 Å². The van der Waals surface area contributed by atoms with Crippen LogP contribution in [0.25, 0.3) is 11.3 Å². The van der Waals surface area contributed by atoms with Crippen LogP contribution in [-0.2, 0) is 6.18 Å². The molecule has 2 aromatic rings. The topological polar surface area (TPSA) is 68.9 Å². The number of rotatable bonds is 2. The number of hydrogen-bond donors (Lipinski definition) is 1. The van der Waals surface area contributed by atoms with Gasteiger partial charge in [-0.15, -0.1) is 0 Å². The van der Waals surface area contributed by atoms with Gasteiger partial charge in [0.2, 0.25) is 0 Å². The summed E-state index contributed by atoms with van der Waals surface area (Å²) in [5, 5.41) is 0. The van der Waals surface area contributed by atoms with E-state index in [1.165, 1.54) is 24.5 Å². The molecule has 0 aliphatic rings. The van der Waals surface area contributed by atoms with Gasteiger partial charge in [-0.25, -0.2) is 4.98 Å². The van der Waals surface area contributed by atoms with Crippen molar-refractivity contribution in [3.05, 3.63) is 41.9 Å². The quantitative estimate of drug-likeness (QED) is 0.849. The second-order valence-corrected chi connectivity index (χ2v) is 3.72. The molecule has 0 radical (unpaired) electrons. The van der Waals surface area contributed by atoms with Gasteiger partial charge in [0.25, 0.3) is 0 Å². The second-order valence-electron chi connectivity index (χ2n) is 3.72. The maximum Gasteiger partial charge on any atom is 0.420 e. The van der Waals surface area contributed by atoms with Crippen LogP contribution in [0.1, 0.15) is 16.1 Å². The third-order valence-corrected chi connectivity index (χ3v) is 2.41. The van der Waals surface area contributed by atoms with E-state index in [-0.39, 0.29) is 11.3 Å². The number of nitrogens with two attached hydrogens (primary N) is 1. The number of aldehydes is 1. The van der Waals surface area contributed by atoms with Gasteiger partial charge < -0.3 is 5.73 Å². The Hall–Kier alpha value is -2.44. The Labute approximate surface area is 106 Å². The van der Waals surface area contributed by atoms with Gasteiger partial charge in [0.15, 0.2) is 6.29 Å². The van der Waals surface area contributed by atoms with E-state index in [9.17, 15) is 18.0 Å². The first kappa shape index (κ1) is 13.0. The van der Waals surface area contributed by atoms with Crippen molar-refractivity contribution in [3.8, 4) is 11.3 Å². The molecular formula is C12H8F3N3O. The summed E-state index contributed by atoms with van der Waals surface area (Å²) in [6.45, 7) is 0. The van der Waals surface area contributed by atoms with Crippen LogP contribution in [0.15, 0.2) is 30.6 Å². The fraction of sp³-hybridized carbons (Fsp3) is 0.0833. The number of halogens is 3. The van der Waals surface area contributed by atoms with Crippen LogP contribution < -0.4 is 5.73 Å². The Morgan fingerprint density at radius 3 is 2.58 bits per heavy atom. The maximum atomic E-state index is 13.0. The lowest BCUT2D eigenvalue weighted by Gasteiger charge is -2.15. The summed E-state index contributed by atoms with van der Waals surface area (Å²) in [5.41, 5.74) is 3.36. The summed E-state index contributed by atoms with van der Waals surface area (Å²) >= 11 is 0. The van der Waals surface area contributed by atoms with Crippen LogP contribution in [0.4, 0.5) is 18.9 Å². The molecule has 0 aliphatic carbocycles. The van der Waals surface area contributed by atoms with Gasteiger partial charge in [0, 0.05) is 23.6 Å². The molecule has 2 N–H and O–H groups in total. The molecule has 0 saturated heterocycles. The molecule has 0 saturated carbocycles. The second kappa shape index (κ2) is 4.68. The molecule has 0 unspecified atom stereocenters. The fourth-order valence-electron chi connectivity index (χ4n) is 1.66. The number of carbonyl (C=O) groups excluding carboxylic acids is 1. The molecule has 0 fully saturated rings. The SMILES string of the molecule is Nc1cc(C=O)nc(-c2cccnc2)c1C(F)(F)F. The van der Waals surface area contributed by atoms with Gasteiger partial charge in [-0.05, 0) is 18.2 Å². The molecule has 19 heavy (non-hydrogen) atoms. The summed E-state index contributed by atoms with van der Waals surface area (Å²) < 4.78 is 39.0. The number of alkyl halides is 3. The number of pyridine rings is 2. The number of hydrogen-bond acceptors (Lipinski definition) is 4. The lowest BCUT2D eigenvalue weighted by Crippen LogP contribution is -2.13. The van der Waals surface area contributed by atoms with Crippen molar-refractivity contribution < 1.29 is 18.0 Å². The Morgan fingerprint density at radius 1 is 1.32 bits per heavy atom. The molecule has 0 aromatic carbocycles. The maximum absolute atomic E-state index is 13.0. The van der Waals surface area contributed by atoms with Crippen LogP contribution in [-0.4, -0.2) is 16.3 Å². The normalized spacial score (nSPS) is 11.3. The smallest absolute Gasteiger partial charge is 0.398 e. The van der Waals surface area contributed by atoms with Gasteiger partial charge in [-0.1, -0.05) is 0 Å². The van der Waals surface area contributed by atoms with Crippen molar-refractivity contribution in [2.24, 2.45) is 0 Å². The largest absolute Gasteiger partial charge is 0.420 e. The van der Waals surface area contributed by atoms with Crippen LogP contribution >= 0.6 is 0 Å². The Kier molecular flexibility index (Phi) is 3.20. The van der Waals surface area contributed by atoms with Crippen molar-refractivity contribution in [1.29, 1.82) is 0 Å². The summed E-state index contributed by atoms with van der Waals surface area (Å²) in [6.07, 6.45) is -1.67. The minimum atomic E-state index is -4.66. The summed E-state index contributed by atoms with van der Waals surface area (Å²) in [5.74, 6) is 0. The molecule has 2 rings (SSSR count). The van der Waals surface area contributed by atoms with Crippen molar-refractivity contribution in [3.63, 3.8) is 0 Å². The van der Waals surface area contributed by atoms with E-state index in [0.29, 0.717) is 6.29 Å². The van der Waals surface area contributed by atoms with Gasteiger partial charge in [-0.3, -0.25) is 9.78 Å². The molecule has 0 spiro atoms. The van der Waals surface area contributed by atoms with Crippen LogP contribution in [0.3, 0.4) is 0 Å². The first-order valence-corrected chi connectivity index (χ1v) is 5.16. The third-order valence-electron chi connectivity index (χ3n) is 2.41. The molecule has 2 heterocycles. The zero-order valence-corrected chi connectivity index (χ0v) is 9.48. The van der Waals surface area contributed by atoms with Gasteiger partial charge in [0.05, 0.1) is 5.69 Å². The number of carbonyl (C=O) groups is 1. The molecular weight excluding hydrogens is 259 g/mol. The van der Waals surface area contributed by atoms with Crippen LogP contribution in [0, 0.1) is 0 Å². The third kappa shape index (κ3) is 2.54. The highest BCUT2D eigenvalue weighted by molar-refractivity contribution is 5.79. The number of nitrogens with zero attached hydrogens (tertiary/aromatic N) is 2. The number of aromatic nitrogens is 2. The first-order chi connectivity index (χ1) is 8.93. The van der Waals surface area contributed by atoms with E-state index in [2.05, 4.69) is 9.97 Å². The standard InChI is InChI=1S/C12H8F3N3O/c13-12(14,15)10-9(16)4-8(6-19)18-11(10)7-2-1-3-17-5-7/h1-6H,(H2,16,18). The molecule has 0 bridgehead atoms. The lowest BCUT2D eigenvalue weighted by molar-refractivity contribution is -0.136. The predicted octanol–water partition coefficient (Wildman–Crippen LogP) is 2.56. The number of nitrogen functional groups attached to an aromatic ring is 1. The summed E-state index contributed by atoms with van der Waals surface area (Å²) in [6, 6.07) is 3.79. The van der Waals surface area contributed by atoms with Crippen molar-refractivity contribution in [2.45, 2.75) is 6.18 Å². The monoisotopic (exact) mass is 267 g/mol. The first-order valence-electron chi connectivity index (χ1n) is 5.16. The molecule has 0 aliphatic heterocycles. The number of anilines is 1. The van der Waals surface area contributed by atoms with E-state index < -0.39 is 23.1 Å². The van der Waals surface area contributed by atoms with Crippen molar-refractivity contribution in [2.75, 3.05) is 5.73 Å². The minimum Gasteiger partial charge on any atom is -0.398 e. The lowest BCUT2D eigenvalue weighted by atomic mass is 10.0. The van der Waals surface area contributed by atoms with Gasteiger partial charge in [0.1, 0.15) is 11.3 Å². The molecule has 7 heteroatoms. The zero-order chi connectivity index (χ0) is 14.0. The van der Waals surface area contributed by atoms with Crippen molar-refractivity contribution >= 4 is 12.0 Å². The zero-order valence-electron chi connectivity index (χ0n) is 9.48. The van der Waals surface area contributed by atoms with E-state index in [1.807, 2.05) is 0 Å². The molecule has 2 aromatic heterocycles. The van der Waals surface area contributed by atoms with Gasteiger partial charge in [-0.2, -0.15) is 13.2 Å². The van der Waals surface area contributed by atoms with E-state index in [1.54, 1.807) is 0 Å². The van der Waals surface area contributed by atoms with E-state index >= 15 is 0 Å². The minimum absolute atomic E-state index is 0.144. The molecule has 98 valence electrons. The predicted molar refractivity (Wildman–Crippen MR) is 62.3 cm³/mol. The summed E-state index contributed by atoms with van der Waals surface area (Å²) in [4.78, 5) is 18.1. The highest BCUT2D eigenvalue weighted by Crippen LogP contribution is 2.39. The Balaban J connectivity index is 2.76. The van der Waals surface area contributed by atoms with E-state index in [4.69, 9.17) is 5.73 Å². The fourth-order valence-corrected chi connectivity index (χ4v) is 1.66. The van der Waals surface area contributed by atoms with Crippen molar-refractivity contribution in [1.82, 2.24) is 9.97 Å². The molecule has 0 atom stereocenters. The molecule has 4 nitrogen and oxygen atoms in total. The highest BCUT2D eigenvalue weighted by atomic mass is 19.4. The van der Waals surface area contributed by atoms with E-state index in [0.717, 1.165) is 6.07 Å². The Morgan fingerprint density at radius 2 is 2.05 bits per heavy atom. The van der Waals surface area contributed by atoms with Gasteiger partial charge >= 0.3 is 6.18 Å². The van der Waals surface area contributed by atoms with Crippen LogP contribution in [0.5, 0.6) is 0 Å². The Bertz CT molecular complexity index is 612. The molecule has 0 amide bonds. The average molecular weight is 267 g/mol.